The van der Waals surface area contributed by atoms with E-state index < -0.39 is 0 Å². The van der Waals surface area contributed by atoms with Crippen LogP contribution in [0, 0.1) is 13.8 Å². The van der Waals surface area contributed by atoms with Gasteiger partial charge in [0.2, 0.25) is 0 Å². The highest BCUT2D eigenvalue weighted by atomic mass is 14.9. The van der Waals surface area contributed by atoms with Crippen molar-refractivity contribution in [2.24, 2.45) is 0 Å². The van der Waals surface area contributed by atoms with Gasteiger partial charge in [0.1, 0.15) is 5.82 Å². The molecule has 2 rings (SSSR count). The SMILES string of the molecule is C=C(c1ncc[nH]1)c1cccc(C)c1C. The summed E-state index contributed by atoms with van der Waals surface area (Å²) in [5.41, 5.74) is 4.64. The minimum absolute atomic E-state index is 0.837. The van der Waals surface area contributed by atoms with E-state index in [-0.39, 0.29) is 0 Å². The Morgan fingerprint density at radius 3 is 2.80 bits per heavy atom. The van der Waals surface area contributed by atoms with Crippen molar-refractivity contribution in [3.05, 3.63) is 59.7 Å². The van der Waals surface area contributed by atoms with Crippen LogP contribution < -0.4 is 0 Å². The minimum atomic E-state index is 0.837. The van der Waals surface area contributed by atoms with Gasteiger partial charge in [0.05, 0.1) is 0 Å². The Balaban J connectivity index is 2.47. The van der Waals surface area contributed by atoms with Crippen molar-refractivity contribution in [2.75, 3.05) is 0 Å². The number of benzene rings is 1. The molecule has 0 unspecified atom stereocenters. The number of rotatable bonds is 2. The summed E-state index contributed by atoms with van der Waals surface area (Å²) in [5, 5.41) is 0. The average molecular weight is 198 g/mol. The molecule has 2 nitrogen and oxygen atoms in total. The predicted molar refractivity (Wildman–Crippen MR) is 62.6 cm³/mol. The Bertz CT molecular complexity index is 481. The van der Waals surface area contributed by atoms with E-state index >= 15 is 0 Å². The average Bonchev–Trinajstić information content (AvgIpc) is 2.74. The van der Waals surface area contributed by atoms with Gasteiger partial charge in [-0.15, -0.1) is 0 Å². The van der Waals surface area contributed by atoms with Gasteiger partial charge in [-0.1, -0.05) is 24.8 Å². The zero-order valence-electron chi connectivity index (χ0n) is 9.04. The van der Waals surface area contributed by atoms with Gasteiger partial charge in [-0.2, -0.15) is 0 Å². The Hall–Kier alpha value is -1.83. The molecule has 2 aromatic rings. The van der Waals surface area contributed by atoms with E-state index in [1.807, 2.05) is 12.3 Å². The molecule has 1 heterocycles. The fraction of sp³-hybridized carbons (Fsp3) is 0.154. The van der Waals surface area contributed by atoms with Crippen molar-refractivity contribution >= 4 is 5.57 Å². The summed E-state index contributed by atoms with van der Waals surface area (Å²) in [5.74, 6) is 0.837. The smallest absolute Gasteiger partial charge is 0.137 e. The second kappa shape index (κ2) is 3.73. The van der Waals surface area contributed by atoms with Gasteiger partial charge >= 0.3 is 0 Å². The highest BCUT2D eigenvalue weighted by Gasteiger charge is 2.07. The summed E-state index contributed by atoms with van der Waals surface area (Å²) >= 11 is 0. The van der Waals surface area contributed by atoms with Crippen molar-refractivity contribution in [1.82, 2.24) is 9.97 Å². The number of aromatic amines is 1. The van der Waals surface area contributed by atoms with Gasteiger partial charge in [-0.25, -0.2) is 4.98 Å². The van der Waals surface area contributed by atoms with Gasteiger partial charge in [0.25, 0.3) is 0 Å². The number of hydrogen-bond donors (Lipinski definition) is 1. The van der Waals surface area contributed by atoms with Crippen LogP contribution in [0.4, 0.5) is 0 Å². The summed E-state index contributed by atoms with van der Waals surface area (Å²) in [7, 11) is 0. The largest absolute Gasteiger partial charge is 0.345 e. The van der Waals surface area contributed by atoms with Crippen molar-refractivity contribution in [2.45, 2.75) is 13.8 Å². The summed E-state index contributed by atoms with van der Waals surface area (Å²) in [6.45, 7) is 8.29. The van der Waals surface area contributed by atoms with Crippen LogP contribution >= 0.6 is 0 Å². The molecule has 1 aromatic carbocycles. The van der Waals surface area contributed by atoms with Gasteiger partial charge in [-0.05, 0) is 30.5 Å². The molecule has 0 fully saturated rings. The number of hydrogen-bond acceptors (Lipinski definition) is 1. The van der Waals surface area contributed by atoms with E-state index in [4.69, 9.17) is 0 Å². The molecule has 1 aromatic heterocycles. The van der Waals surface area contributed by atoms with Crippen molar-refractivity contribution in [1.29, 1.82) is 0 Å². The molecule has 0 aliphatic carbocycles. The highest BCUT2D eigenvalue weighted by Crippen LogP contribution is 2.23. The van der Waals surface area contributed by atoms with Gasteiger partial charge in [0.15, 0.2) is 0 Å². The third-order valence-electron chi connectivity index (χ3n) is 2.71. The second-order valence-electron chi connectivity index (χ2n) is 3.66. The molecule has 0 aliphatic rings. The summed E-state index contributed by atoms with van der Waals surface area (Å²) in [6.07, 6.45) is 3.55. The van der Waals surface area contributed by atoms with Gasteiger partial charge in [-0.3, -0.25) is 0 Å². The predicted octanol–water partition coefficient (Wildman–Crippen LogP) is 3.09. The molecule has 0 bridgehead atoms. The minimum Gasteiger partial charge on any atom is -0.345 e. The summed E-state index contributed by atoms with van der Waals surface area (Å²) in [4.78, 5) is 7.28. The van der Waals surface area contributed by atoms with Crippen LogP contribution in [0.15, 0.2) is 37.2 Å². The van der Waals surface area contributed by atoms with E-state index in [1.165, 1.54) is 11.1 Å². The van der Waals surface area contributed by atoms with E-state index in [1.54, 1.807) is 6.20 Å². The molecule has 0 spiro atoms. The quantitative estimate of drug-likeness (QED) is 0.789. The molecule has 0 radical (unpaired) electrons. The maximum atomic E-state index is 4.21. The first-order valence-electron chi connectivity index (χ1n) is 4.95. The first kappa shape index (κ1) is 9.71. The monoisotopic (exact) mass is 198 g/mol. The third kappa shape index (κ3) is 1.71. The standard InChI is InChI=1S/C13H14N2/c1-9-5-4-6-12(10(9)2)11(3)13-14-7-8-15-13/h4-8H,3H2,1-2H3,(H,14,15). The zero-order chi connectivity index (χ0) is 10.8. The molecule has 76 valence electrons. The maximum Gasteiger partial charge on any atom is 0.137 e. The van der Waals surface area contributed by atoms with Gasteiger partial charge < -0.3 is 4.98 Å². The van der Waals surface area contributed by atoms with Gasteiger partial charge in [0, 0.05) is 18.0 Å². The van der Waals surface area contributed by atoms with E-state index in [9.17, 15) is 0 Å². The summed E-state index contributed by atoms with van der Waals surface area (Å²) in [6, 6.07) is 6.23. The van der Waals surface area contributed by atoms with E-state index in [2.05, 4.69) is 42.5 Å². The lowest BCUT2D eigenvalue weighted by atomic mass is 9.98. The fourth-order valence-corrected chi connectivity index (χ4v) is 1.64. The summed E-state index contributed by atoms with van der Waals surface area (Å²) < 4.78 is 0. The van der Waals surface area contributed by atoms with Crippen LogP contribution in [0.5, 0.6) is 0 Å². The molecule has 2 heteroatoms. The lowest BCUT2D eigenvalue weighted by molar-refractivity contribution is 1.22. The van der Waals surface area contributed by atoms with Crippen LogP contribution in [-0.4, -0.2) is 9.97 Å². The van der Waals surface area contributed by atoms with E-state index in [0.717, 1.165) is 17.0 Å². The molecule has 0 saturated heterocycles. The normalized spacial score (nSPS) is 10.3. The first-order valence-corrected chi connectivity index (χ1v) is 4.95. The molecule has 0 atom stereocenters. The second-order valence-corrected chi connectivity index (χ2v) is 3.66. The Labute approximate surface area is 89.7 Å². The number of aromatic nitrogens is 2. The zero-order valence-corrected chi connectivity index (χ0v) is 9.04. The number of H-pyrrole nitrogens is 1. The van der Waals surface area contributed by atoms with E-state index in [0.29, 0.717) is 0 Å². The first-order chi connectivity index (χ1) is 7.20. The number of nitrogens with zero attached hydrogens (tertiary/aromatic N) is 1. The molecule has 15 heavy (non-hydrogen) atoms. The molecule has 0 saturated carbocycles. The topological polar surface area (TPSA) is 28.7 Å². The van der Waals surface area contributed by atoms with Crippen molar-refractivity contribution in [3.63, 3.8) is 0 Å². The van der Waals surface area contributed by atoms with Crippen molar-refractivity contribution < 1.29 is 0 Å². The maximum absolute atomic E-state index is 4.21. The lowest BCUT2D eigenvalue weighted by Crippen LogP contribution is -1.93. The molecule has 1 N–H and O–H groups in total. The molecule has 0 amide bonds. The molecular formula is C13H14N2. The van der Waals surface area contributed by atoms with Crippen LogP contribution in [0.3, 0.4) is 0 Å². The Morgan fingerprint density at radius 1 is 1.33 bits per heavy atom. The number of nitrogens with one attached hydrogen (secondary N) is 1. The third-order valence-corrected chi connectivity index (χ3v) is 2.71. The Kier molecular flexibility index (Phi) is 2.42. The van der Waals surface area contributed by atoms with Crippen LogP contribution in [0.25, 0.3) is 5.57 Å². The lowest BCUT2D eigenvalue weighted by Gasteiger charge is -2.09. The Morgan fingerprint density at radius 2 is 2.13 bits per heavy atom. The number of aryl methyl sites for hydroxylation is 1. The fourth-order valence-electron chi connectivity index (χ4n) is 1.64. The number of imidazole rings is 1. The van der Waals surface area contributed by atoms with Crippen LogP contribution in [0.2, 0.25) is 0 Å². The van der Waals surface area contributed by atoms with Crippen LogP contribution in [-0.2, 0) is 0 Å². The molecule has 0 aliphatic heterocycles. The molecular weight excluding hydrogens is 184 g/mol. The van der Waals surface area contributed by atoms with Crippen molar-refractivity contribution in [3.8, 4) is 0 Å². The van der Waals surface area contributed by atoms with Crippen LogP contribution in [0.1, 0.15) is 22.5 Å². The highest BCUT2D eigenvalue weighted by molar-refractivity contribution is 5.76.